The Morgan fingerprint density at radius 1 is 1.52 bits per heavy atom. The first-order valence-corrected chi connectivity index (χ1v) is 5.98. The fourth-order valence-corrected chi connectivity index (χ4v) is 1.72. The zero-order valence-electron chi connectivity index (χ0n) is 11.4. The molecule has 0 aromatic carbocycles. The third-order valence-electron chi connectivity index (χ3n) is 2.76. The molecule has 0 amide bonds. The van der Waals surface area contributed by atoms with Gasteiger partial charge in [-0.05, 0) is 6.07 Å². The number of alkyl halides is 2. The third kappa shape index (κ3) is 4.41. The normalized spacial score (nSPS) is 25.6. The Hall–Kier alpha value is -1.68. The lowest BCUT2D eigenvalue weighted by Gasteiger charge is -2.20. The number of aromatic nitrogens is 2. The molecule has 14 heteroatoms. The van der Waals surface area contributed by atoms with Crippen LogP contribution in [0.5, 0.6) is 0 Å². The van der Waals surface area contributed by atoms with Crippen molar-refractivity contribution in [3.63, 3.8) is 0 Å². The van der Waals surface area contributed by atoms with Gasteiger partial charge in [0.2, 0.25) is 6.23 Å². The molecule has 1 aliphatic rings. The second-order valence-electron chi connectivity index (χ2n) is 4.30. The summed E-state index contributed by atoms with van der Waals surface area (Å²) in [5, 5.41) is 40.1. The van der Waals surface area contributed by atoms with Crippen molar-refractivity contribution in [2.75, 3.05) is 12.3 Å². The topological polar surface area (TPSA) is 181 Å². The first-order valence-electron chi connectivity index (χ1n) is 5.98. The number of nitrogens with two attached hydrogens (primary N) is 1. The van der Waals surface area contributed by atoms with E-state index in [0.29, 0.717) is 4.57 Å². The van der Waals surface area contributed by atoms with E-state index in [9.17, 15) is 18.7 Å². The molecular formula is C9H14BF2N3O8. The molecule has 1 aliphatic heterocycles. The zero-order valence-corrected chi connectivity index (χ0v) is 11.4. The van der Waals surface area contributed by atoms with Crippen molar-refractivity contribution in [2.45, 2.75) is 24.4 Å². The van der Waals surface area contributed by atoms with E-state index in [-0.39, 0.29) is 5.82 Å². The molecule has 1 fully saturated rings. The number of nitrogen functional groups attached to an aromatic ring is 1. The molecule has 7 N–H and O–H groups in total. The van der Waals surface area contributed by atoms with Gasteiger partial charge in [0.1, 0.15) is 11.9 Å². The fraction of sp³-hybridized carbons (Fsp3) is 0.556. The Labute approximate surface area is 127 Å². The molecule has 0 spiro atoms. The number of hydrogen-bond acceptors (Lipinski definition) is 10. The summed E-state index contributed by atoms with van der Waals surface area (Å²) >= 11 is 0. The van der Waals surface area contributed by atoms with Gasteiger partial charge in [-0.3, -0.25) is 9.82 Å². The summed E-state index contributed by atoms with van der Waals surface area (Å²) in [4.78, 5) is 17.6. The molecule has 0 aliphatic carbocycles. The highest BCUT2D eigenvalue weighted by molar-refractivity contribution is 6.32. The summed E-state index contributed by atoms with van der Waals surface area (Å²) in [6, 6.07) is 1.15. The van der Waals surface area contributed by atoms with Gasteiger partial charge in [-0.2, -0.15) is 13.8 Å². The predicted octanol–water partition coefficient (Wildman–Crippen LogP) is -2.84. The molecule has 1 aromatic heterocycles. The number of halogens is 2. The molecule has 0 radical (unpaired) electrons. The first-order chi connectivity index (χ1) is 10.6. The van der Waals surface area contributed by atoms with Crippen LogP contribution in [0.15, 0.2) is 17.1 Å². The highest BCUT2D eigenvalue weighted by Gasteiger charge is 2.59. The SMILES string of the molecule is Nc1ccn([C@@H]2O[C@H](CO)[C@@H](O)C2(F)F)c(=O)n1.OOB(O)O. The van der Waals surface area contributed by atoms with Gasteiger partial charge < -0.3 is 30.7 Å². The number of ether oxygens (including phenoxy) is 1. The number of nitrogens with zero attached hydrogens (tertiary/aromatic N) is 2. The first kappa shape index (κ1) is 19.4. The number of rotatable bonds is 3. The van der Waals surface area contributed by atoms with Crippen molar-refractivity contribution in [1.29, 1.82) is 0 Å². The second kappa shape index (κ2) is 7.74. The maximum Gasteiger partial charge on any atom is 0.662 e. The molecule has 0 bridgehead atoms. The summed E-state index contributed by atoms with van der Waals surface area (Å²) in [5.74, 6) is -3.83. The Kier molecular flexibility index (Phi) is 6.52. The highest BCUT2D eigenvalue weighted by atomic mass is 19.3. The van der Waals surface area contributed by atoms with Crippen LogP contribution in [0.25, 0.3) is 0 Å². The summed E-state index contributed by atoms with van der Waals surface area (Å²) in [6.07, 6.45) is -4.69. The minimum absolute atomic E-state index is 0.114. The Morgan fingerprint density at radius 2 is 2.09 bits per heavy atom. The van der Waals surface area contributed by atoms with Crippen molar-refractivity contribution < 1.29 is 43.8 Å². The van der Waals surface area contributed by atoms with E-state index in [0.717, 1.165) is 12.3 Å². The lowest BCUT2D eigenvalue weighted by molar-refractivity contribution is -0.173. The lowest BCUT2D eigenvalue weighted by atomic mass is 10.1. The summed E-state index contributed by atoms with van der Waals surface area (Å²) in [5.41, 5.74) is 4.21. The van der Waals surface area contributed by atoms with Crippen LogP contribution in [-0.4, -0.2) is 67.1 Å². The summed E-state index contributed by atoms with van der Waals surface area (Å²) < 4.78 is 32.7. The van der Waals surface area contributed by atoms with Gasteiger partial charge in [-0.25, -0.2) is 9.60 Å². The molecule has 2 rings (SSSR count). The van der Waals surface area contributed by atoms with Crippen LogP contribution in [0.2, 0.25) is 0 Å². The smallest absolute Gasteiger partial charge is 0.400 e. The molecule has 23 heavy (non-hydrogen) atoms. The van der Waals surface area contributed by atoms with E-state index in [4.69, 9.17) is 30.9 Å². The fourth-order valence-electron chi connectivity index (χ4n) is 1.72. The average Bonchev–Trinajstić information content (AvgIpc) is 2.71. The second-order valence-corrected chi connectivity index (χ2v) is 4.30. The molecule has 1 aromatic rings. The molecule has 130 valence electrons. The molecule has 2 heterocycles. The van der Waals surface area contributed by atoms with Crippen LogP contribution in [0, 0.1) is 0 Å². The predicted molar refractivity (Wildman–Crippen MR) is 68.8 cm³/mol. The Bertz CT molecular complexity index is 574. The van der Waals surface area contributed by atoms with Gasteiger partial charge in [-0.1, -0.05) is 0 Å². The van der Waals surface area contributed by atoms with Crippen molar-refractivity contribution in [3.8, 4) is 0 Å². The van der Waals surface area contributed by atoms with Gasteiger partial charge in [0.15, 0.2) is 6.10 Å². The van der Waals surface area contributed by atoms with Crippen molar-refractivity contribution in [1.82, 2.24) is 9.55 Å². The van der Waals surface area contributed by atoms with Gasteiger partial charge in [0, 0.05) is 6.20 Å². The maximum atomic E-state index is 13.7. The van der Waals surface area contributed by atoms with Crippen LogP contribution >= 0.6 is 0 Å². The van der Waals surface area contributed by atoms with Crippen LogP contribution in [0.3, 0.4) is 0 Å². The van der Waals surface area contributed by atoms with Crippen molar-refractivity contribution in [2.24, 2.45) is 0 Å². The van der Waals surface area contributed by atoms with Gasteiger partial charge >= 0.3 is 18.9 Å². The molecule has 11 nitrogen and oxygen atoms in total. The number of aliphatic hydroxyl groups is 2. The lowest BCUT2D eigenvalue weighted by Crippen LogP contribution is -2.41. The van der Waals surface area contributed by atoms with Crippen molar-refractivity contribution in [3.05, 3.63) is 22.7 Å². The van der Waals surface area contributed by atoms with Gasteiger partial charge in [-0.15, -0.1) is 0 Å². The Balaban J connectivity index is 0.000000463. The molecular weight excluding hydrogens is 327 g/mol. The largest absolute Gasteiger partial charge is 0.662 e. The van der Waals surface area contributed by atoms with E-state index in [1.54, 1.807) is 0 Å². The number of aliphatic hydroxyl groups excluding tert-OH is 2. The van der Waals surface area contributed by atoms with Crippen LogP contribution < -0.4 is 11.4 Å². The molecule has 1 saturated heterocycles. The van der Waals surface area contributed by atoms with E-state index in [1.165, 1.54) is 0 Å². The van der Waals surface area contributed by atoms with E-state index >= 15 is 0 Å². The molecule has 3 atom stereocenters. The standard InChI is InChI=1S/C9H11F2N3O4.BH3O4/c10-9(11)6(16)4(3-15)18-7(9)14-2-1-5(12)13-8(14)17;2-1(3)5-4/h1-2,4,6-7,15-16H,3H2,(H2,12,13,17);2-4H/t4-,6-,7-;/m1./s1. The molecule has 0 saturated carbocycles. The van der Waals surface area contributed by atoms with E-state index in [2.05, 4.69) is 9.79 Å². The molecule has 0 unspecified atom stereocenters. The van der Waals surface area contributed by atoms with E-state index in [1.807, 2.05) is 0 Å². The van der Waals surface area contributed by atoms with Gasteiger partial charge in [0.05, 0.1) is 6.61 Å². The highest BCUT2D eigenvalue weighted by Crippen LogP contribution is 2.41. The monoisotopic (exact) mass is 341 g/mol. The summed E-state index contributed by atoms with van der Waals surface area (Å²) in [6.45, 7) is -0.787. The number of hydrogen-bond donors (Lipinski definition) is 6. The summed E-state index contributed by atoms with van der Waals surface area (Å²) in [7, 11) is -2.06. The third-order valence-corrected chi connectivity index (χ3v) is 2.76. The Morgan fingerprint density at radius 3 is 2.48 bits per heavy atom. The van der Waals surface area contributed by atoms with Gasteiger partial charge in [0.25, 0.3) is 0 Å². The van der Waals surface area contributed by atoms with Crippen molar-refractivity contribution >= 4 is 13.1 Å². The minimum Gasteiger partial charge on any atom is -0.400 e. The number of anilines is 1. The average molecular weight is 341 g/mol. The maximum absolute atomic E-state index is 13.7. The zero-order chi connectivity index (χ0) is 17.8. The quantitative estimate of drug-likeness (QED) is 0.190. The minimum atomic E-state index is -3.71. The van der Waals surface area contributed by atoms with E-state index < -0.39 is 44.0 Å². The van der Waals surface area contributed by atoms with Crippen LogP contribution in [0.1, 0.15) is 6.23 Å². The van der Waals surface area contributed by atoms with Crippen LogP contribution in [-0.2, 0) is 9.54 Å². The van der Waals surface area contributed by atoms with Crippen LogP contribution in [0.4, 0.5) is 14.6 Å².